The molecule has 1 aliphatic heterocycles. The number of aromatic nitrogens is 2. The van der Waals surface area contributed by atoms with Crippen LogP contribution < -0.4 is 10.6 Å². The molecule has 5 nitrogen and oxygen atoms in total. The van der Waals surface area contributed by atoms with Crippen LogP contribution in [0.5, 0.6) is 0 Å². The molecule has 0 aromatic carbocycles. The fourth-order valence-electron chi connectivity index (χ4n) is 2.23. The van der Waals surface area contributed by atoms with Crippen molar-refractivity contribution in [2.24, 2.45) is 0 Å². The number of hydrogen-bond donors (Lipinski definition) is 2. The molecular weight excluding hydrogens is 228 g/mol. The topological polar surface area (TPSA) is 66.9 Å². The molecule has 1 aromatic heterocycles. The summed E-state index contributed by atoms with van der Waals surface area (Å²) in [5, 5.41) is 6.06. The first-order valence-electron chi connectivity index (χ1n) is 6.52. The zero-order valence-corrected chi connectivity index (χ0v) is 11.0. The molecule has 2 rings (SSSR count). The molecular formula is C13H20N4O. The number of amides is 1. The summed E-state index contributed by atoms with van der Waals surface area (Å²) in [4.78, 5) is 20.5. The van der Waals surface area contributed by atoms with Crippen LogP contribution in [0, 0.1) is 13.8 Å². The van der Waals surface area contributed by atoms with E-state index in [0.29, 0.717) is 5.95 Å². The van der Waals surface area contributed by atoms with E-state index in [4.69, 9.17) is 0 Å². The lowest BCUT2D eigenvalue weighted by molar-refractivity contribution is -0.118. The van der Waals surface area contributed by atoms with Crippen LogP contribution in [0.3, 0.4) is 0 Å². The van der Waals surface area contributed by atoms with E-state index in [1.807, 2.05) is 19.9 Å². The van der Waals surface area contributed by atoms with E-state index in [9.17, 15) is 4.79 Å². The molecule has 1 atom stereocenters. The van der Waals surface area contributed by atoms with Crippen molar-refractivity contribution in [3.63, 3.8) is 0 Å². The lowest BCUT2D eigenvalue weighted by atomic mass is 10.1. The van der Waals surface area contributed by atoms with E-state index in [0.717, 1.165) is 37.2 Å². The summed E-state index contributed by atoms with van der Waals surface area (Å²) in [5.41, 5.74) is 1.73. The molecule has 2 N–H and O–H groups in total. The molecule has 1 unspecified atom stereocenters. The van der Waals surface area contributed by atoms with Crippen LogP contribution in [-0.2, 0) is 4.79 Å². The molecule has 0 radical (unpaired) electrons. The molecule has 98 valence electrons. The van der Waals surface area contributed by atoms with Crippen molar-refractivity contribution in [3.8, 4) is 0 Å². The van der Waals surface area contributed by atoms with Gasteiger partial charge in [-0.1, -0.05) is 12.8 Å². The Labute approximate surface area is 107 Å². The van der Waals surface area contributed by atoms with Gasteiger partial charge >= 0.3 is 0 Å². The Morgan fingerprint density at radius 1 is 1.28 bits per heavy atom. The number of nitrogens with zero attached hydrogens (tertiary/aromatic N) is 2. The van der Waals surface area contributed by atoms with E-state index in [-0.39, 0.29) is 11.9 Å². The Bertz CT molecular complexity index is 405. The molecule has 0 spiro atoms. The predicted octanol–water partition coefficient (Wildman–Crippen LogP) is 1.56. The number of aryl methyl sites for hydroxylation is 2. The Morgan fingerprint density at radius 3 is 2.72 bits per heavy atom. The van der Waals surface area contributed by atoms with Crippen molar-refractivity contribution < 1.29 is 4.79 Å². The zero-order valence-electron chi connectivity index (χ0n) is 11.0. The smallest absolute Gasteiger partial charge is 0.243 e. The molecule has 0 aliphatic carbocycles. The van der Waals surface area contributed by atoms with Gasteiger partial charge in [0.25, 0.3) is 0 Å². The monoisotopic (exact) mass is 248 g/mol. The van der Waals surface area contributed by atoms with Crippen LogP contribution in [0.4, 0.5) is 5.95 Å². The number of carbonyl (C=O) groups is 1. The number of nitrogens with one attached hydrogen (secondary N) is 2. The fraction of sp³-hybridized carbons (Fsp3) is 0.615. The van der Waals surface area contributed by atoms with Crippen LogP contribution in [0.15, 0.2) is 6.07 Å². The third-order valence-electron chi connectivity index (χ3n) is 3.09. The number of hydrogen-bond acceptors (Lipinski definition) is 4. The molecule has 2 heterocycles. The van der Waals surface area contributed by atoms with Crippen LogP contribution >= 0.6 is 0 Å². The minimum atomic E-state index is -0.114. The molecule has 1 saturated heterocycles. The van der Waals surface area contributed by atoms with Gasteiger partial charge in [-0.2, -0.15) is 0 Å². The summed E-state index contributed by atoms with van der Waals surface area (Å²) >= 11 is 0. The van der Waals surface area contributed by atoms with Gasteiger partial charge in [0.1, 0.15) is 0 Å². The summed E-state index contributed by atoms with van der Waals surface area (Å²) in [6, 6.07) is 1.77. The van der Waals surface area contributed by atoms with E-state index in [1.54, 1.807) is 0 Å². The Hall–Kier alpha value is -1.49. The van der Waals surface area contributed by atoms with Crippen molar-refractivity contribution in [1.29, 1.82) is 0 Å². The highest BCUT2D eigenvalue weighted by Crippen LogP contribution is 2.10. The second-order valence-corrected chi connectivity index (χ2v) is 4.82. The minimum Gasteiger partial charge on any atom is -0.306 e. The maximum Gasteiger partial charge on any atom is 0.243 e. The molecule has 5 heteroatoms. The van der Waals surface area contributed by atoms with Gasteiger partial charge in [0, 0.05) is 11.4 Å². The van der Waals surface area contributed by atoms with Crippen molar-refractivity contribution in [3.05, 3.63) is 17.5 Å². The molecule has 18 heavy (non-hydrogen) atoms. The van der Waals surface area contributed by atoms with Gasteiger partial charge in [0.2, 0.25) is 11.9 Å². The maximum absolute atomic E-state index is 12.1. The summed E-state index contributed by atoms with van der Waals surface area (Å²) in [7, 11) is 0. The highest BCUT2D eigenvalue weighted by atomic mass is 16.2. The van der Waals surface area contributed by atoms with E-state index in [1.165, 1.54) is 6.42 Å². The highest BCUT2D eigenvalue weighted by Gasteiger charge is 2.20. The van der Waals surface area contributed by atoms with Crippen molar-refractivity contribution in [1.82, 2.24) is 15.3 Å². The zero-order chi connectivity index (χ0) is 13.0. The number of anilines is 1. The van der Waals surface area contributed by atoms with Gasteiger partial charge in [0.05, 0.1) is 6.04 Å². The molecule has 0 saturated carbocycles. The molecule has 1 fully saturated rings. The molecule has 1 aliphatic rings. The molecule has 0 bridgehead atoms. The second-order valence-electron chi connectivity index (χ2n) is 4.82. The third-order valence-corrected chi connectivity index (χ3v) is 3.09. The Balaban J connectivity index is 2.01. The minimum absolute atomic E-state index is 0.0260. The van der Waals surface area contributed by atoms with Crippen molar-refractivity contribution in [2.75, 3.05) is 11.9 Å². The van der Waals surface area contributed by atoms with E-state index in [2.05, 4.69) is 20.6 Å². The van der Waals surface area contributed by atoms with Crippen LogP contribution in [0.2, 0.25) is 0 Å². The van der Waals surface area contributed by atoms with Gasteiger partial charge in [-0.15, -0.1) is 0 Å². The average Bonchev–Trinajstić information content (AvgIpc) is 2.55. The normalized spacial score (nSPS) is 20.2. The van der Waals surface area contributed by atoms with Crippen LogP contribution in [0.1, 0.15) is 37.1 Å². The summed E-state index contributed by atoms with van der Waals surface area (Å²) in [6.45, 7) is 4.70. The average molecular weight is 248 g/mol. The van der Waals surface area contributed by atoms with E-state index < -0.39 is 0 Å². The van der Waals surface area contributed by atoms with Gasteiger partial charge in [-0.25, -0.2) is 9.97 Å². The Morgan fingerprint density at radius 2 is 2.00 bits per heavy atom. The molecule has 1 amide bonds. The van der Waals surface area contributed by atoms with Gasteiger partial charge in [0.15, 0.2) is 0 Å². The van der Waals surface area contributed by atoms with Crippen molar-refractivity contribution >= 4 is 11.9 Å². The second kappa shape index (κ2) is 5.91. The summed E-state index contributed by atoms with van der Waals surface area (Å²) in [5.74, 6) is 0.380. The van der Waals surface area contributed by atoms with Gasteiger partial charge in [-0.05, 0) is 39.3 Å². The third kappa shape index (κ3) is 3.50. The molecule has 1 aromatic rings. The Kier molecular flexibility index (Phi) is 4.25. The summed E-state index contributed by atoms with van der Waals surface area (Å²) < 4.78 is 0. The van der Waals surface area contributed by atoms with Gasteiger partial charge < -0.3 is 5.32 Å². The van der Waals surface area contributed by atoms with Crippen LogP contribution in [-0.4, -0.2) is 28.5 Å². The standard InChI is InChI=1S/C13H20N4O/c1-9-8-10(2)16-13(15-9)17-12(18)11-6-4-3-5-7-14-11/h8,11,14H,3-7H2,1-2H3,(H,15,16,17,18). The summed E-state index contributed by atoms with van der Waals surface area (Å²) in [6.07, 6.45) is 4.32. The number of carbonyl (C=O) groups excluding carboxylic acids is 1. The quantitative estimate of drug-likeness (QED) is 0.833. The first kappa shape index (κ1) is 13.0. The first-order chi connectivity index (χ1) is 8.65. The fourth-order valence-corrected chi connectivity index (χ4v) is 2.23. The lowest BCUT2D eigenvalue weighted by Gasteiger charge is -2.15. The SMILES string of the molecule is Cc1cc(C)nc(NC(=O)C2CCCCCN2)n1. The van der Waals surface area contributed by atoms with E-state index >= 15 is 0 Å². The predicted molar refractivity (Wildman–Crippen MR) is 70.4 cm³/mol. The van der Waals surface area contributed by atoms with Gasteiger partial charge in [-0.3, -0.25) is 10.1 Å². The largest absolute Gasteiger partial charge is 0.306 e. The van der Waals surface area contributed by atoms with Crippen molar-refractivity contribution in [2.45, 2.75) is 45.6 Å². The maximum atomic E-state index is 12.1. The number of rotatable bonds is 2. The highest BCUT2D eigenvalue weighted by molar-refractivity contribution is 5.93. The van der Waals surface area contributed by atoms with Crippen LogP contribution in [0.25, 0.3) is 0 Å². The lowest BCUT2D eigenvalue weighted by Crippen LogP contribution is -2.40. The first-order valence-corrected chi connectivity index (χ1v) is 6.52.